The van der Waals surface area contributed by atoms with E-state index in [1.807, 2.05) is 0 Å². The van der Waals surface area contributed by atoms with Crippen molar-refractivity contribution in [1.82, 2.24) is 14.8 Å². The quantitative estimate of drug-likeness (QED) is 0.574. The molecule has 4 rings (SSSR count). The van der Waals surface area contributed by atoms with E-state index >= 15 is 0 Å². The topological polar surface area (TPSA) is 72.3 Å². The van der Waals surface area contributed by atoms with Crippen LogP contribution in [0.5, 0.6) is 0 Å². The van der Waals surface area contributed by atoms with Crippen LogP contribution in [-0.4, -0.2) is 45.7 Å². The Morgan fingerprint density at radius 1 is 1.19 bits per heavy atom. The minimum atomic E-state index is -4.21. The molecule has 3 aromatic rings. The maximum Gasteiger partial charge on any atom is 0.412 e. The van der Waals surface area contributed by atoms with Crippen LogP contribution >= 0.6 is 0 Å². The highest BCUT2D eigenvalue weighted by Crippen LogP contribution is 2.36. The molecule has 1 amide bonds. The minimum Gasteiger partial charge on any atom is -0.444 e. The first kappa shape index (κ1) is 21.8. The number of amides is 1. The second-order valence-corrected chi connectivity index (χ2v) is 8.62. The van der Waals surface area contributed by atoms with Crippen LogP contribution in [0.2, 0.25) is 0 Å². The Hall–Kier alpha value is -3.37. The van der Waals surface area contributed by atoms with Crippen molar-refractivity contribution in [3.05, 3.63) is 42.5 Å². The molecule has 1 aliphatic rings. The SMILES string of the molecule is CC(C)(C)OC(=O)Nc1ccc(F)c(-n2cc3cc(N4CC(C(F)(F)F)C4)cnc3n2)c1. The summed E-state index contributed by atoms with van der Waals surface area (Å²) in [5.74, 6) is -1.93. The maximum atomic E-state index is 14.5. The molecule has 0 saturated carbocycles. The van der Waals surface area contributed by atoms with Gasteiger partial charge in [-0.1, -0.05) is 0 Å². The van der Waals surface area contributed by atoms with E-state index in [9.17, 15) is 22.4 Å². The number of hydrogen-bond acceptors (Lipinski definition) is 5. The molecular weight excluding hydrogens is 430 g/mol. The van der Waals surface area contributed by atoms with Crippen LogP contribution in [0.3, 0.4) is 0 Å². The molecule has 0 aliphatic carbocycles. The lowest BCUT2D eigenvalue weighted by Gasteiger charge is -2.41. The molecule has 3 heterocycles. The number of halogens is 4. The summed E-state index contributed by atoms with van der Waals surface area (Å²) < 4.78 is 59.2. The van der Waals surface area contributed by atoms with E-state index in [1.165, 1.54) is 35.3 Å². The summed E-state index contributed by atoms with van der Waals surface area (Å²) in [6, 6.07) is 5.64. The van der Waals surface area contributed by atoms with E-state index in [1.54, 1.807) is 31.7 Å². The first-order valence-corrected chi connectivity index (χ1v) is 9.86. The van der Waals surface area contributed by atoms with Gasteiger partial charge in [0.15, 0.2) is 5.65 Å². The van der Waals surface area contributed by atoms with Crippen LogP contribution in [0, 0.1) is 11.7 Å². The number of hydrogen-bond donors (Lipinski definition) is 1. The summed E-state index contributed by atoms with van der Waals surface area (Å²) in [5.41, 5.74) is 0.541. The average molecular weight is 451 g/mol. The molecule has 0 bridgehead atoms. The molecule has 1 aromatic carbocycles. The van der Waals surface area contributed by atoms with Crippen molar-refractivity contribution in [3.63, 3.8) is 0 Å². The van der Waals surface area contributed by atoms with Gasteiger partial charge in [-0.15, -0.1) is 5.10 Å². The standard InChI is InChI=1S/C21H21F4N5O2/c1-20(2,3)32-19(31)27-14-4-5-16(22)17(7-14)30-9-12-6-15(8-26-18(12)28-30)29-10-13(11-29)21(23,24)25/h4-9,13H,10-11H2,1-3H3,(H,27,31). The van der Waals surface area contributed by atoms with Crippen LogP contribution in [0.1, 0.15) is 20.8 Å². The van der Waals surface area contributed by atoms with Gasteiger partial charge >= 0.3 is 12.3 Å². The monoisotopic (exact) mass is 451 g/mol. The minimum absolute atomic E-state index is 0.0687. The Kier molecular flexibility index (Phi) is 5.22. The highest BCUT2D eigenvalue weighted by Gasteiger charge is 2.47. The molecule has 11 heteroatoms. The number of fused-ring (bicyclic) bond motifs is 1. The first-order valence-electron chi connectivity index (χ1n) is 9.86. The highest BCUT2D eigenvalue weighted by molar-refractivity contribution is 5.85. The van der Waals surface area contributed by atoms with Gasteiger partial charge in [0.05, 0.1) is 17.8 Å². The number of rotatable bonds is 3. The van der Waals surface area contributed by atoms with Crippen molar-refractivity contribution in [2.75, 3.05) is 23.3 Å². The van der Waals surface area contributed by atoms with Gasteiger partial charge in [0.25, 0.3) is 0 Å². The molecule has 2 aromatic heterocycles. The van der Waals surface area contributed by atoms with Gasteiger partial charge in [-0.25, -0.2) is 18.9 Å². The van der Waals surface area contributed by atoms with Crippen molar-refractivity contribution in [3.8, 4) is 5.69 Å². The fourth-order valence-electron chi connectivity index (χ4n) is 3.28. The van der Waals surface area contributed by atoms with Crippen LogP contribution in [-0.2, 0) is 4.74 Å². The normalized spacial score (nSPS) is 15.0. The summed E-state index contributed by atoms with van der Waals surface area (Å²) in [4.78, 5) is 17.8. The Labute approximate surface area is 181 Å². The smallest absolute Gasteiger partial charge is 0.412 e. The van der Waals surface area contributed by atoms with Crippen molar-refractivity contribution >= 4 is 28.5 Å². The van der Waals surface area contributed by atoms with Gasteiger partial charge in [0.2, 0.25) is 0 Å². The number of carbonyl (C=O) groups excluding carboxylic acids is 1. The van der Waals surface area contributed by atoms with Crippen LogP contribution in [0.15, 0.2) is 36.7 Å². The molecule has 1 N–H and O–H groups in total. The summed E-state index contributed by atoms with van der Waals surface area (Å²) in [7, 11) is 0. The predicted octanol–water partition coefficient (Wildman–Crippen LogP) is 4.91. The number of benzene rings is 1. The van der Waals surface area contributed by atoms with Crippen LogP contribution in [0.25, 0.3) is 16.7 Å². The third kappa shape index (κ3) is 4.61. The van der Waals surface area contributed by atoms with Crippen molar-refractivity contribution in [2.24, 2.45) is 5.92 Å². The van der Waals surface area contributed by atoms with E-state index in [0.29, 0.717) is 22.4 Å². The molecule has 1 saturated heterocycles. The fourth-order valence-corrected chi connectivity index (χ4v) is 3.28. The predicted molar refractivity (Wildman–Crippen MR) is 110 cm³/mol. The summed E-state index contributed by atoms with van der Waals surface area (Å²) >= 11 is 0. The van der Waals surface area contributed by atoms with Crippen molar-refractivity contribution < 1.29 is 27.1 Å². The van der Waals surface area contributed by atoms with E-state index in [4.69, 9.17) is 4.74 Å². The van der Waals surface area contributed by atoms with Gasteiger partial charge in [-0.3, -0.25) is 5.32 Å². The molecule has 1 aliphatic heterocycles. The number of ether oxygens (including phenoxy) is 1. The molecule has 0 radical (unpaired) electrons. The lowest BCUT2D eigenvalue weighted by molar-refractivity contribution is -0.180. The molecule has 0 unspecified atom stereocenters. The largest absolute Gasteiger partial charge is 0.444 e. The molecule has 1 fully saturated rings. The van der Waals surface area contributed by atoms with E-state index in [2.05, 4.69) is 15.4 Å². The number of aromatic nitrogens is 3. The number of anilines is 2. The lowest BCUT2D eigenvalue weighted by Crippen LogP contribution is -2.53. The maximum absolute atomic E-state index is 14.5. The number of alkyl halides is 3. The van der Waals surface area contributed by atoms with Crippen molar-refractivity contribution in [2.45, 2.75) is 32.5 Å². The Bertz CT molecular complexity index is 1160. The van der Waals surface area contributed by atoms with E-state index in [-0.39, 0.29) is 18.8 Å². The molecule has 0 atom stereocenters. The molecule has 0 spiro atoms. The zero-order valence-corrected chi connectivity index (χ0v) is 17.6. The number of nitrogens with zero attached hydrogens (tertiary/aromatic N) is 4. The highest BCUT2D eigenvalue weighted by atomic mass is 19.4. The van der Waals surface area contributed by atoms with Gasteiger partial charge in [-0.2, -0.15) is 13.2 Å². The number of carbonyl (C=O) groups is 1. The lowest BCUT2D eigenvalue weighted by atomic mass is 9.99. The average Bonchev–Trinajstić information content (AvgIpc) is 3.02. The molecular formula is C21H21F4N5O2. The molecule has 7 nitrogen and oxygen atoms in total. The second-order valence-electron chi connectivity index (χ2n) is 8.62. The Morgan fingerprint density at radius 3 is 2.56 bits per heavy atom. The fraction of sp³-hybridized carbons (Fsp3) is 0.381. The zero-order chi connectivity index (χ0) is 23.3. The van der Waals surface area contributed by atoms with Crippen molar-refractivity contribution in [1.29, 1.82) is 0 Å². The van der Waals surface area contributed by atoms with Gasteiger partial charge in [0, 0.05) is 30.4 Å². The molecule has 32 heavy (non-hydrogen) atoms. The van der Waals surface area contributed by atoms with Crippen LogP contribution in [0.4, 0.5) is 33.7 Å². The summed E-state index contributed by atoms with van der Waals surface area (Å²) in [6.07, 6.45) is -1.92. The number of pyridine rings is 1. The van der Waals surface area contributed by atoms with E-state index < -0.39 is 29.6 Å². The first-order chi connectivity index (χ1) is 14.9. The third-order valence-electron chi connectivity index (χ3n) is 4.89. The van der Waals surface area contributed by atoms with Gasteiger partial charge < -0.3 is 9.64 Å². The number of nitrogens with one attached hydrogen (secondary N) is 1. The Balaban J connectivity index is 1.55. The summed E-state index contributed by atoms with van der Waals surface area (Å²) in [6.45, 7) is 4.92. The van der Waals surface area contributed by atoms with Crippen LogP contribution < -0.4 is 10.2 Å². The Morgan fingerprint density at radius 2 is 1.91 bits per heavy atom. The molecule has 170 valence electrons. The van der Waals surface area contributed by atoms with E-state index in [0.717, 1.165) is 0 Å². The summed E-state index contributed by atoms with van der Waals surface area (Å²) in [5, 5.41) is 7.33. The zero-order valence-electron chi connectivity index (χ0n) is 17.6. The second kappa shape index (κ2) is 7.64. The van der Waals surface area contributed by atoms with Gasteiger partial charge in [-0.05, 0) is 45.0 Å². The third-order valence-corrected chi connectivity index (χ3v) is 4.89. The van der Waals surface area contributed by atoms with Gasteiger partial charge in [0.1, 0.15) is 17.1 Å².